The van der Waals surface area contributed by atoms with Crippen LogP contribution in [-0.2, 0) is 16.6 Å². The minimum atomic E-state index is -3.59. The summed E-state index contributed by atoms with van der Waals surface area (Å²) in [5, 5.41) is 8.57. The van der Waals surface area contributed by atoms with Gasteiger partial charge in [-0.3, -0.25) is 4.79 Å². The van der Waals surface area contributed by atoms with Crippen LogP contribution < -0.4 is 5.56 Å². The van der Waals surface area contributed by atoms with Crippen LogP contribution in [0, 0.1) is 11.3 Å². The van der Waals surface area contributed by atoms with E-state index in [1.54, 1.807) is 13.8 Å². The van der Waals surface area contributed by atoms with Crippen LogP contribution >= 0.6 is 0 Å². The second kappa shape index (κ2) is 5.80. The van der Waals surface area contributed by atoms with E-state index in [0.29, 0.717) is 13.1 Å². The molecule has 98 valence electrons. The fraction of sp³-hybridized carbons (Fsp3) is 0.455. The first-order valence-corrected chi connectivity index (χ1v) is 6.99. The summed E-state index contributed by atoms with van der Waals surface area (Å²) >= 11 is 0. The van der Waals surface area contributed by atoms with Gasteiger partial charge in [0.05, 0.1) is 11.0 Å². The Hall–Kier alpha value is -1.65. The smallest absolute Gasteiger partial charge is 0.251 e. The van der Waals surface area contributed by atoms with Crippen molar-refractivity contribution in [1.82, 2.24) is 8.87 Å². The van der Waals surface area contributed by atoms with Crippen molar-refractivity contribution >= 4 is 10.0 Å². The van der Waals surface area contributed by atoms with Gasteiger partial charge in [0.25, 0.3) is 5.56 Å². The summed E-state index contributed by atoms with van der Waals surface area (Å²) in [5.74, 6) is 0. The highest BCUT2D eigenvalue weighted by Gasteiger charge is 2.22. The number of hydrogen-bond acceptors (Lipinski definition) is 4. The zero-order chi connectivity index (χ0) is 13.8. The quantitative estimate of drug-likeness (QED) is 0.774. The first-order chi connectivity index (χ1) is 8.47. The van der Waals surface area contributed by atoms with Crippen molar-refractivity contribution in [3.63, 3.8) is 0 Å². The molecule has 0 amide bonds. The van der Waals surface area contributed by atoms with Crippen LogP contribution in [0.5, 0.6) is 0 Å². The Bertz CT molecular complexity index is 609. The van der Waals surface area contributed by atoms with Crippen LogP contribution in [0.4, 0.5) is 0 Å². The van der Waals surface area contributed by atoms with Gasteiger partial charge in [0.2, 0.25) is 10.0 Å². The van der Waals surface area contributed by atoms with E-state index in [4.69, 9.17) is 5.26 Å². The van der Waals surface area contributed by atoms with Gasteiger partial charge in [-0.05, 0) is 6.07 Å². The standard InChI is InChI=1S/C11H15N3O3S/c1-3-14(4-2)18(16,17)10-5-6-11(15)13(9-10)8-7-12/h5-6,9H,3-4,8H2,1-2H3. The molecule has 0 aliphatic rings. The van der Waals surface area contributed by atoms with Crippen molar-refractivity contribution in [2.45, 2.75) is 25.3 Å². The van der Waals surface area contributed by atoms with Crippen molar-refractivity contribution in [2.24, 2.45) is 0 Å². The Kier molecular flexibility index (Phi) is 4.64. The Morgan fingerprint density at radius 1 is 1.33 bits per heavy atom. The summed E-state index contributed by atoms with van der Waals surface area (Å²) < 4.78 is 26.8. The van der Waals surface area contributed by atoms with Crippen LogP contribution in [-0.4, -0.2) is 30.4 Å². The average Bonchev–Trinajstić information content (AvgIpc) is 2.33. The topological polar surface area (TPSA) is 83.2 Å². The number of rotatable bonds is 5. The number of sulfonamides is 1. The molecular formula is C11H15N3O3S. The third-order valence-electron chi connectivity index (χ3n) is 2.54. The van der Waals surface area contributed by atoms with E-state index in [0.717, 1.165) is 10.6 Å². The monoisotopic (exact) mass is 269 g/mol. The van der Waals surface area contributed by atoms with E-state index < -0.39 is 15.6 Å². The van der Waals surface area contributed by atoms with Crippen molar-refractivity contribution in [3.05, 3.63) is 28.7 Å². The molecule has 0 aliphatic heterocycles. The first-order valence-electron chi connectivity index (χ1n) is 5.55. The summed E-state index contributed by atoms with van der Waals surface area (Å²) in [4.78, 5) is 11.4. The normalized spacial score (nSPS) is 11.4. The summed E-state index contributed by atoms with van der Waals surface area (Å²) in [7, 11) is -3.59. The highest BCUT2D eigenvalue weighted by molar-refractivity contribution is 7.89. The van der Waals surface area contributed by atoms with E-state index in [2.05, 4.69) is 0 Å². The minimum absolute atomic E-state index is 0.0288. The number of nitrogens with zero attached hydrogens (tertiary/aromatic N) is 3. The van der Waals surface area contributed by atoms with Crippen LogP contribution in [0.15, 0.2) is 28.0 Å². The van der Waals surface area contributed by atoms with E-state index in [1.807, 2.05) is 6.07 Å². The second-order valence-electron chi connectivity index (χ2n) is 3.58. The lowest BCUT2D eigenvalue weighted by atomic mass is 10.4. The molecule has 7 heteroatoms. The molecule has 18 heavy (non-hydrogen) atoms. The molecule has 6 nitrogen and oxygen atoms in total. The van der Waals surface area contributed by atoms with Crippen LogP contribution in [0.3, 0.4) is 0 Å². The fourth-order valence-electron chi connectivity index (χ4n) is 1.57. The molecule has 0 N–H and O–H groups in total. The molecule has 1 aromatic rings. The van der Waals surface area contributed by atoms with Gasteiger partial charge in [-0.25, -0.2) is 8.42 Å². The largest absolute Gasteiger partial charge is 0.300 e. The molecule has 0 fully saturated rings. The first kappa shape index (κ1) is 14.4. The Morgan fingerprint density at radius 3 is 2.44 bits per heavy atom. The number of hydrogen-bond donors (Lipinski definition) is 0. The van der Waals surface area contributed by atoms with Crippen molar-refractivity contribution in [2.75, 3.05) is 13.1 Å². The van der Waals surface area contributed by atoms with Gasteiger partial charge in [-0.15, -0.1) is 0 Å². The Balaban J connectivity index is 3.30. The second-order valence-corrected chi connectivity index (χ2v) is 5.52. The lowest BCUT2D eigenvalue weighted by Crippen LogP contribution is -2.31. The summed E-state index contributed by atoms with van der Waals surface area (Å²) in [6.45, 7) is 4.03. The van der Waals surface area contributed by atoms with Crippen molar-refractivity contribution in [3.8, 4) is 6.07 Å². The Morgan fingerprint density at radius 2 is 1.94 bits per heavy atom. The summed E-state index contributed by atoms with van der Waals surface area (Å²) in [6.07, 6.45) is 1.21. The molecule has 0 bridgehead atoms. The SMILES string of the molecule is CCN(CC)S(=O)(=O)c1ccc(=O)n(CC#N)c1. The van der Waals surface area contributed by atoms with E-state index in [9.17, 15) is 13.2 Å². The van der Waals surface area contributed by atoms with Gasteiger partial charge in [-0.1, -0.05) is 13.8 Å². The van der Waals surface area contributed by atoms with Crippen LogP contribution in [0.1, 0.15) is 13.8 Å². The van der Waals surface area contributed by atoms with E-state index in [-0.39, 0.29) is 11.4 Å². The van der Waals surface area contributed by atoms with Gasteiger partial charge in [0.1, 0.15) is 6.54 Å². The molecule has 0 aliphatic carbocycles. The van der Waals surface area contributed by atoms with Gasteiger partial charge < -0.3 is 4.57 Å². The molecule has 0 atom stereocenters. The highest BCUT2D eigenvalue weighted by Crippen LogP contribution is 2.13. The maximum Gasteiger partial charge on any atom is 0.251 e. The predicted molar refractivity (Wildman–Crippen MR) is 66.4 cm³/mol. The number of pyridine rings is 1. The average molecular weight is 269 g/mol. The minimum Gasteiger partial charge on any atom is -0.300 e. The van der Waals surface area contributed by atoms with Crippen LogP contribution in [0.2, 0.25) is 0 Å². The summed E-state index contributed by atoms with van der Waals surface area (Å²) in [5.41, 5.74) is -0.393. The summed E-state index contributed by atoms with van der Waals surface area (Å²) in [6, 6.07) is 4.24. The molecule has 0 spiro atoms. The molecule has 0 unspecified atom stereocenters. The predicted octanol–water partition coefficient (Wildman–Crippen LogP) is 0.402. The molecule has 1 rings (SSSR count). The molecular weight excluding hydrogens is 254 g/mol. The maximum atomic E-state index is 12.2. The lowest BCUT2D eigenvalue weighted by molar-refractivity contribution is 0.444. The van der Waals surface area contributed by atoms with Gasteiger partial charge in [0.15, 0.2) is 0 Å². The zero-order valence-electron chi connectivity index (χ0n) is 10.3. The number of aromatic nitrogens is 1. The zero-order valence-corrected chi connectivity index (χ0v) is 11.1. The highest BCUT2D eigenvalue weighted by atomic mass is 32.2. The van der Waals surface area contributed by atoms with Gasteiger partial charge >= 0.3 is 0 Å². The van der Waals surface area contributed by atoms with Gasteiger partial charge in [-0.2, -0.15) is 9.57 Å². The van der Waals surface area contributed by atoms with Gasteiger partial charge in [0, 0.05) is 25.4 Å². The number of nitriles is 1. The Labute approximate surface area is 106 Å². The maximum absolute atomic E-state index is 12.2. The van der Waals surface area contributed by atoms with E-state index >= 15 is 0 Å². The molecule has 0 saturated carbocycles. The van der Waals surface area contributed by atoms with E-state index in [1.165, 1.54) is 16.6 Å². The lowest BCUT2D eigenvalue weighted by Gasteiger charge is -2.18. The fourth-order valence-corrected chi connectivity index (χ4v) is 3.05. The van der Waals surface area contributed by atoms with Crippen molar-refractivity contribution in [1.29, 1.82) is 5.26 Å². The molecule has 0 radical (unpaired) electrons. The van der Waals surface area contributed by atoms with Crippen molar-refractivity contribution < 1.29 is 8.42 Å². The third kappa shape index (κ3) is 2.78. The van der Waals surface area contributed by atoms with Crippen LogP contribution in [0.25, 0.3) is 0 Å². The molecule has 0 aromatic carbocycles. The third-order valence-corrected chi connectivity index (χ3v) is 4.57. The molecule has 0 saturated heterocycles. The molecule has 1 heterocycles. The molecule has 1 aromatic heterocycles.